The van der Waals surface area contributed by atoms with Gasteiger partial charge in [-0.15, -0.1) is 0 Å². The molecule has 0 radical (unpaired) electrons. The zero-order valence-electron chi connectivity index (χ0n) is 8.66. The number of anilines is 1. The van der Waals surface area contributed by atoms with Crippen LogP contribution < -0.4 is 5.73 Å². The number of rotatable bonds is 3. The Morgan fingerprint density at radius 1 is 1.41 bits per heavy atom. The number of para-hydroxylation sites is 1. The first-order valence-electron chi connectivity index (χ1n) is 4.86. The van der Waals surface area contributed by atoms with Crippen molar-refractivity contribution in [2.75, 3.05) is 5.73 Å². The highest BCUT2D eigenvalue weighted by Crippen LogP contribution is 2.26. The third-order valence-corrected chi connectivity index (χ3v) is 3.94. The molecule has 0 saturated carbocycles. The van der Waals surface area contributed by atoms with Gasteiger partial charge in [-0.25, -0.2) is 9.97 Å². The maximum Gasteiger partial charge on any atom is 0.206 e. The highest BCUT2D eigenvalue weighted by molar-refractivity contribution is 8.00. The Labute approximate surface area is 105 Å². The average Bonchev–Trinajstić information content (AvgIpc) is 2.95. The van der Waals surface area contributed by atoms with Crippen molar-refractivity contribution in [1.29, 1.82) is 0 Å². The molecule has 0 aliphatic rings. The molecular weight excluding hydrogens is 256 g/mol. The van der Waals surface area contributed by atoms with Crippen molar-refractivity contribution in [3.05, 3.63) is 30.4 Å². The molecule has 0 spiro atoms. The summed E-state index contributed by atoms with van der Waals surface area (Å²) in [5.41, 5.74) is 7.89. The first-order valence-corrected chi connectivity index (χ1v) is 6.62. The van der Waals surface area contributed by atoms with Gasteiger partial charge >= 0.3 is 0 Å². The molecule has 5 nitrogen and oxygen atoms in total. The van der Waals surface area contributed by atoms with E-state index in [1.165, 1.54) is 17.9 Å². The van der Waals surface area contributed by atoms with Crippen LogP contribution in [0.25, 0.3) is 11.1 Å². The molecule has 0 atom stereocenters. The van der Waals surface area contributed by atoms with Gasteiger partial charge in [0.05, 0.1) is 11.4 Å². The van der Waals surface area contributed by atoms with Gasteiger partial charge < -0.3 is 10.2 Å². The predicted molar refractivity (Wildman–Crippen MR) is 67.9 cm³/mol. The third-order valence-electron chi connectivity index (χ3n) is 2.15. The van der Waals surface area contributed by atoms with Gasteiger partial charge in [-0.3, -0.25) is 0 Å². The number of hydrogen-bond donors (Lipinski definition) is 1. The van der Waals surface area contributed by atoms with Crippen molar-refractivity contribution in [3.63, 3.8) is 0 Å². The summed E-state index contributed by atoms with van der Waals surface area (Å²) < 4.78 is 10.4. The minimum Gasteiger partial charge on any atom is -0.440 e. The maximum atomic E-state index is 5.81. The first kappa shape index (κ1) is 10.5. The number of nitrogens with two attached hydrogens (primary N) is 1. The van der Waals surface area contributed by atoms with Crippen LogP contribution in [0.4, 0.5) is 5.69 Å². The van der Waals surface area contributed by atoms with Gasteiger partial charge in [0.15, 0.2) is 9.92 Å². The van der Waals surface area contributed by atoms with Crippen LogP contribution in [0.1, 0.15) is 5.89 Å². The highest BCUT2D eigenvalue weighted by Gasteiger charge is 2.09. The Bertz CT molecular complexity index is 635. The van der Waals surface area contributed by atoms with E-state index in [1.807, 2.05) is 18.2 Å². The molecule has 0 aliphatic carbocycles. The summed E-state index contributed by atoms with van der Waals surface area (Å²) in [6.07, 6.45) is 1.54. The van der Waals surface area contributed by atoms with Gasteiger partial charge in [-0.1, -0.05) is 17.8 Å². The van der Waals surface area contributed by atoms with Crippen molar-refractivity contribution in [1.82, 2.24) is 14.3 Å². The van der Waals surface area contributed by atoms with Gasteiger partial charge in [0.2, 0.25) is 5.89 Å². The highest BCUT2D eigenvalue weighted by atomic mass is 32.2. The number of oxazole rings is 1. The molecule has 2 N–H and O–H groups in total. The lowest BCUT2D eigenvalue weighted by Crippen LogP contribution is -1.85. The lowest BCUT2D eigenvalue weighted by atomic mass is 10.3. The summed E-state index contributed by atoms with van der Waals surface area (Å²) in [6, 6.07) is 5.52. The molecule has 7 heteroatoms. The SMILES string of the molecule is Nc1cccc2oc(CSc3ncns3)nc12. The van der Waals surface area contributed by atoms with E-state index in [4.69, 9.17) is 10.2 Å². The van der Waals surface area contributed by atoms with Crippen molar-refractivity contribution in [2.45, 2.75) is 10.1 Å². The molecule has 0 unspecified atom stereocenters. The normalized spacial score (nSPS) is 11.1. The van der Waals surface area contributed by atoms with Gasteiger partial charge in [0.1, 0.15) is 11.8 Å². The molecule has 17 heavy (non-hydrogen) atoms. The molecule has 0 fully saturated rings. The third kappa shape index (κ3) is 2.11. The Balaban J connectivity index is 1.84. The number of nitrogen functional groups attached to an aromatic ring is 1. The van der Waals surface area contributed by atoms with Crippen LogP contribution in [0.5, 0.6) is 0 Å². The monoisotopic (exact) mass is 264 g/mol. The second-order valence-corrected chi connectivity index (χ2v) is 5.30. The largest absolute Gasteiger partial charge is 0.440 e. The Kier molecular flexibility index (Phi) is 2.69. The van der Waals surface area contributed by atoms with Crippen LogP contribution >= 0.6 is 23.3 Å². The number of nitrogens with zero attached hydrogens (tertiary/aromatic N) is 3. The number of thioether (sulfide) groups is 1. The zero-order valence-corrected chi connectivity index (χ0v) is 10.3. The summed E-state index contributed by atoms with van der Waals surface area (Å²) in [4.78, 5) is 8.43. The summed E-state index contributed by atoms with van der Waals surface area (Å²) in [7, 11) is 0. The number of hydrogen-bond acceptors (Lipinski definition) is 7. The van der Waals surface area contributed by atoms with E-state index in [1.54, 1.807) is 11.8 Å². The smallest absolute Gasteiger partial charge is 0.206 e. The maximum absolute atomic E-state index is 5.81. The second kappa shape index (κ2) is 4.34. The first-order chi connectivity index (χ1) is 8.33. The van der Waals surface area contributed by atoms with Crippen molar-refractivity contribution >= 4 is 40.1 Å². The van der Waals surface area contributed by atoms with Crippen LogP contribution in [-0.2, 0) is 5.75 Å². The van der Waals surface area contributed by atoms with Crippen molar-refractivity contribution in [2.24, 2.45) is 0 Å². The lowest BCUT2D eigenvalue weighted by Gasteiger charge is -1.89. The van der Waals surface area contributed by atoms with Crippen molar-refractivity contribution < 1.29 is 4.42 Å². The molecule has 3 aromatic rings. The van der Waals surface area contributed by atoms with Gasteiger partial charge in [0, 0.05) is 0 Å². The van der Waals surface area contributed by atoms with E-state index in [9.17, 15) is 0 Å². The zero-order chi connectivity index (χ0) is 11.7. The minimum absolute atomic E-state index is 0.628. The molecule has 3 rings (SSSR count). The summed E-state index contributed by atoms with van der Waals surface area (Å²) in [5, 5.41) is 0. The van der Waals surface area contributed by atoms with E-state index in [0.29, 0.717) is 17.3 Å². The molecule has 0 saturated heterocycles. The van der Waals surface area contributed by atoms with E-state index in [2.05, 4.69) is 14.3 Å². The summed E-state index contributed by atoms with van der Waals surface area (Å²) in [5.74, 6) is 1.28. The van der Waals surface area contributed by atoms with Crippen LogP contribution in [0.2, 0.25) is 0 Å². The molecular formula is C10H8N4OS2. The van der Waals surface area contributed by atoms with Crippen LogP contribution in [-0.4, -0.2) is 14.3 Å². The topological polar surface area (TPSA) is 77.8 Å². The van der Waals surface area contributed by atoms with Gasteiger partial charge in [0.25, 0.3) is 0 Å². The van der Waals surface area contributed by atoms with E-state index in [-0.39, 0.29) is 0 Å². The molecule has 86 valence electrons. The van der Waals surface area contributed by atoms with Crippen molar-refractivity contribution in [3.8, 4) is 0 Å². The lowest BCUT2D eigenvalue weighted by molar-refractivity contribution is 0.556. The minimum atomic E-state index is 0.628. The predicted octanol–water partition coefficient (Wildman–Crippen LogP) is 2.55. The molecule has 2 heterocycles. The molecule has 0 bridgehead atoms. The second-order valence-electron chi connectivity index (χ2n) is 3.30. The molecule has 0 amide bonds. The Morgan fingerprint density at radius 2 is 2.35 bits per heavy atom. The van der Waals surface area contributed by atoms with E-state index in [0.717, 1.165) is 15.4 Å². The standard InChI is InChI=1S/C10H8N4OS2/c11-6-2-1-3-7-9(6)14-8(15-7)4-16-10-12-5-13-17-10/h1-3,5H,4,11H2. The number of fused-ring (bicyclic) bond motifs is 1. The van der Waals surface area contributed by atoms with Crippen LogP contribution in [0, 0.1) is 0 Å². The fourth-order valence-corrected chi connectivity index (χ4v) is 2.72. The fourth-order valence-electron chi connectivity index (χ4n) is 1.43. The van der Waals surface area contributed by atoms with E-state index < -0.39 is 0 Å². The number of aromatic nitrogens is 3. The number of benzene rings is 1. The summed E-state index contributed by atoms with van der Waals surface area (Å²) >= 11 is 2.91. The van der Waals surface area contributed by atoms with Crippen LogP contribution in [0.15, 0.2) is 33.3 Å². The Morgan fingerprint density at radius 3 is 3.12 bits per heavy atom. The average molecular weight is 264 g/mol. The van der Waals surface area contributed by atoms with E-state index >= 15 is 0 Å². The van der Waals surface area contributed by atoms with Gasteiger partial charge in [-0.05, 0) is 23.7 Å². The Hall–Kier alpha value is -1.60. The molecule has 1 aromatic carbocycles. The quantitative estimate of drug-likeness (QED) is 0.578. The summed E-state index contributed by atoms with van der Waals surface area (Å²) in [6.45, 7) is 0. The molecule has 0 aliphatic heterocycles. The molecule has 2 aromatic heterocycles. The fraction of sp³-hybridized carbons (Fsp3) is 0.100. The van der Waals surface area contributed by atoms with Gasteiger partial charge in [-0.2, -0.15) is 4.37 Å². The van der Waals surface area contributed by atoms with Crippen LogP contribution in [0.3, 0.4) is 0 Å².